The molecule has 0 fully saturated rings. The van der Waals surface area contributed by atoms with Crippen LogP contribution in [-0.4, -0.2) is 88.3 Å². The summed E-state index contributed by atoms with van der Waals surface area (Å²) in [6.45, 7) is 23.8. The topological polar surface area (TPSA) is 189 Å². The molecule has 0 saturated carbocycles. The summed E-state index contributed by atoms with van der Waals surface area (Å²) in [6, 6.07) is -1.24. The van der Waals surface area contributed by atoms with Crippen molar-refractivity contribution in [2.24, 2.45) is 5.92 Å². The van der Waals surface area contributed by atoms with Gasteiger partial charge in [-0.15, -0.1) is 0 Å². The van der Waals surface area contributed by atoms with Crippen LogP contribution in [0, 0.1) is 5.92 Å². The van der Waals surface area contributed by atoms with E-state index < -0.39 is 67.8 Å². The number of hydrogen-bond acceptors (Lipinski definition) is 9. The Morgan fingerprint density at radius 2 is 1.21 bits per heavy atom. The molecule has 0 spiro atoms. The Labute approximate surface area is 289 Å². The number of phosphoric ester groups is 1. The third kappa shape index (κ3) is 26.9. The number of ether oxygens (including phenoxy) is 2. The van der Waals surface area contributed by atoms with Crippen molar-refractivity contribution in [3.63, 3.8) is 0 Å². The van der Waals surface area contributed by atoms with Crippen LogP contribution in [0.3, 0.4) is 0 Å². The number of nitrogens with one attached hydrogen (secondary N) is 1. The largest absolute Gasteiger partial charge is 0.756 e. The van der Waals surface area contributed by atoms with Crippen molar-refractivity contribution in [1.29, 1.82) is 0 Å². The van der Waals surface area contributed by atoms with Crippen LogP contribution in [0.25, 0.3) is 0 Å². The molecular formula is C34H67N2O11P. The van der Waals surface area contributed by atoms with Gasteiger partial charge in [-0.05, 0) is 73.6 Å². The number of rotatable bonds is 23. The first kappa shape index (κ1) is 48.1. The Kier molecular flexibility index (Phi) is 24.2. The van der Waals surface area contributed by atoms with Gasteiger partial charge in [0.05, 0.1) is 38.7 Å². The lowest BCUT2D eigenvalue weighted by molar-refractivity contribution is -0.929. The minimum absolute atomic E-state index is 0.208. The Balaban J connectivity index is 0. The molecular weight excluding hydrogens is 643 g/mol. The van der Waals surface area contributed by atoms with Crippen LogP contribution in [0.1, 0.15) is 140 Å². The van der Waals surface area contributed by atoms with Crippen molar-refractivity contribution >= 4 is 31.6 Å². The molecule has 0 aromatic rings. The number of carboxylic acids is 1. The summed E-state index contributed by atoms with van der Waals surface area (Å²) >= 11 is 0. The third-order valence-corrected chi connectivity index (χ3v) is 7.78. The SMILES string of the molecule is CC(C)(C)OC(=O)N[C@@H](CCC(=O)C[C@@H](COP(=O)([O-])O)C(=O)O)C(=O)OC(C)(C)C.CCCC[N+](CCCC)(CCCC)CCCC. The number of amides is 1. The van der Waals surface area contributed by atoms with E-state index in [1.165, 1.54) is 82.0 Å². The maximum atomic E-state index is 12.4. The van der Waals surface area contributed by atoms with Crippen LogP contribution >= 0.6 is 7.82 Å². The average Bonchev–Trinajstić information content (AvgIpc) is 2.94. The highest BCUT2D eigenvalue weighted by atomic mass is 31.2. The lowest BCUT2D eigenvalue weighted by Gasteiger charge is -2.39. The molecule has 3 N–H and O–H groups in total. The number of carboxylic acid groups (broad SMARTS) is 1. The summed E-state index contributed by atoms with van der Waals surface area (Å²) in [5.74, 6) is -4.47. The summed E-state index contributed by atoms with van der Waals surface area (Å²) in [6.07, 6.45) is 9.02. The lowest BCUT2D eigenvalue weighted by Crippen LogP contribution is -2.50. The number of Topliss-reactive ketones (excluding diaryl/α,β-unsaturated/α-hetero) is 1. The Morgan fingerprint density at radius 1 is 0.792 bits per heavy atom. The summed E-state index contributed by atoms with van der Waals surface area (Å²) < 4.78 is 26.4. The maximum absolute atomic E-state index is 12.4. The standard InChI is InChI=1S/C18H32NO11P.C16H36N/c1-17(2,3)29-15(23)13(19-16(24)30-18(4,5)6)8-7-12(20)9-11(14(21)22)10-28-31(25,26)27;1-5-9-13-17(14-10-6-2,15-11-7-3)16-12-8-4/h11,13H,7-10H2,1-6H3,(H,19,24)(H,21,22)(H2,25,26,27);5-16H2,1-4H3/q;+1/p-1/t11-,13-;/m0./s1. The van der Waals surface area contributed by atoms with Gasteiger partial charge in [0, 0.05) is 12.8 Å². The van der Waals surface area contributed by atoms with Crippen molar-refractivity contribution in [2.75, 3.05) is 32.8 Å². The number of hydrogen-bond donors (Lipinski definition) is 3. The van der Waals surface area contributed by atoms with E-state index in [-0.39, 0.29) is 12.8 Å². The number of carbonyl (C=O) groups is 4. The zero-order valence-corrected chi connectivity index (χ0v) is 32.3. The number of unbranched alkanes of at least 4 members (excludes halogenated alkanes) is 4. The molecule has 14 heteroatoms. The molecule has 0 radical (unpaired) electrons. The van der Waals surface area contributed by atoms with Crippen molar-refractivity contribution in [1.82, 2.24) is 5.32 Å². The van der Waals surface area contributed by atoms with E-state index in [0.29, 0.717) is 0 Å². The normalized spacial score (nSPS) is 14.5. The molecule has 0 bridgehead atoms. The van der Waals surface area contributed by atoms with Crippen LogP contribution in [-0.2, 0) is 32.9 Å². The van der Waals surface area contributed by atoms with E-state index in [4.69, 9.17) is 19.5 Å². The Morgan fingerprint density at radius 3 is 1.54 bits per heavy atom. The van der Waals surface area contributed by atoms with Gasteiger partial charge >= 0.3 is 18.0 Å². The van der Waals surface area contributed by atoms with E-state index >= 15 is 0 Å². The van der Waals surface area contributed by atoms with Gasteiger partial charge in [-0.25, -0.2) is 9.59 Å². The molecule has 13 nitrogen and oxygen atoms in total. The molecule has 48 heavy (non-hydrogen) atoms. The number of nitrogens with zero attached hydrogens (tertiary/aromatic N) is 1. The monoisotopic (exact) mass is 710 g/mol. The van der Waals surface area contributed by atoms with Crippen molar-refractivity contribution in [3.05, 3.63) is 0 Å². The van der Waals surface area contributed by atoms with Gasteiger partial charge in [0.2, 0.25) is 0 Å². The smallest absolute Gasteiger partial charge is 0.408 e. The van der Waals surface area contributed by atoms with E-state index in [1.807, 2.05) is 0 Å². The molecule has 0 rings (SSSR count). The van der Waals surface area contributed by atoms with Crippen molar-refractivity contribution < 1.29 is 57.1 Å². The molecule has 0 aromatic heterocycles. The zero-order valence-electron chi connectivity index (χ0n) is 31.4. The fourth-order valence-electron chi connectivity index (χ4n) is 4.80. The first-order valence-corrected chi connectivity index (χ1v) is 19.0. The highest BCUT2D eigenvalue weighted by Gasteiger charge is 2.30. The Hall–Kier alpha value is -2.05. The minimum Gasteiger partial charge on any atom is -0.756 e. The van der Waals surface area contributed by atoms with E-state index in [1.54, 1.807) is 41.5 Å². The van der Waals surface area contributed by atoms with Crippen LogP contribution in [0.4, 0.5) is 4.79 Å². The summed E-state index contributed by atoms with van der Waals surface area (Å²) in [4.78, 5) is 67.0. The zero-order chi connectivity index (χ0) is 37.6. The van der Waals surface area contributed by atoms with Gasteiger partial charge in [0.25, 0.3) is 7.82 Å². The number of ketones is 1. The van der Waals surface area contributed by atoms with E-state index in [9.17, 15) is 28.6 Å². The first-order chi connectivity index (χ1) is 22.0. The molecule has 0 aliphatic rings. The van der Waals surface area contributed by atoms with Gasteiger partial charge < -0.3 is 38.7 Å². The van der Waals surface area contributed by atoms with Gasteiger partial charge in [-0.1, -0.05) is 53.4 Å². The van der Waals surface area contributed by atoms with Crippen LogP contribution < -0.4 is 10.2 Å². The molecule has 0 aliphatic heterocycles. The molecule has 1 amide bonds. The predicted molar refractivity (Wildman–Crippen MR) is 184 cm³/mol. The second-order valence-corrected chi connectivity index (χ2v) is 15.7. The van der Waals surface area contributed by atoms with Gasteiger partial charge in [-0.2, -0.15) is 0 Å². The average molecular weight is 711 g/mol. The van der Waals surface area contributed by atoms with Crippen LogP contribution in [0.5, 0.6) is 0 Å². The fourth-order valence-corrected chi connectivity index (χ4v) is 5.17. The van der Waals surface area contributed by atoms with Gasteiger partial charge in [-0.3, -0.25) is 14.2 Å². The third-order valence-electron chi connectivity index (χ3n) is 7.30. The van der Waals surface area contributed by atoms with Gasteiger partial charge in [0.1, 0.15) is 23.0 Å². The number of esters is 1. The molecule has 3 atom stereocenters. The predicted octanol–water partition coefficient (Wildman–Crippen LogP) is 6.14. The maximum Gasteiger partial charge on any atom is 0.408 e. The van der Waals surface area contributed by atoms with E-state index in [0.717, 1.165) is 0 Å². The molecule has 0 saturated heterocycles. The van der Waals surface area contributed by atoms with Gasteiger partial charge in [0.15, 0.2) is 0 Å². The number of aliphatic carboxylic acids is 1. The quantitative estimate of drug-likeness (QED) is 0.0627. The second kappa shape index (κ2) is 24.2. The van der Waals surface area contributed by atoms with E-state index in [2.05, 4.69) is 37.5 Å². The highest BCUT2D eigenvalue weighted by molar-refractivity contribution is 7.44. The molecule has 0 aliphatic carbocycles. The van der Waals surface area contributed by atoms with Crippen molar-refractivity contribution in [2.45, 2.75) is 157 Å². The summed E-state index contributed by atoms with van der Waals surface area (Å²) in [7, 11) is -5.15. The van der Waals surface area contributed by atoms with Crippen LogP contribution in [0.15, 0.2) is 0 Å². The molecule has 284 valence electrons. The fraction of sp³-hybridized carbons (Fsp3) is 0.882. The second-order valence-electron chi connectivity index (χ2n) is 14.5. The Bertz CT molecular complexity index is 949. The summed E-state index contributed by atoms with van der Waals surface area (Å²) in [5, 5.41) is 11.4. The lowest BCUT2D eigenvalue weighted by atomic mass is 9.99. The molecule has 0 heterocycles. The number of phosphoric acid groups is 1. The summed E-state index contributed by atoms with van der Waals surface area (Å²) in [5.41, 5.74) is -1.70. The van der Waals surface area contributed by atoms with Crippen molar-refractivity contribution in [3.8, 4) is 0 Å². The highest BCUT2D eigenvalue weighted by Crippen LogP contribution is 2.31. The first-order valence-electron chi connectivity index (χ1n) is 17.5. The molecule has 1 unspecified atom stereocenters. The van der Waals surface area contributed by atoms with Crippen LogP contribution in [0.2, 0.25) is 0 Å². The molecule has 0 aromatic carbocycles. The number of alkyl carbamates (subject to hydrolysis) is 1. The number of carbonyl (C=O) groups excluding carboxylic acids is 3. The number of quaternary nitrogens is 1. The minimum atomic E-state index is -5.15.